The topological polar surface area (TPSA) is 0 Å². The standard InChI is InChI=1S/C23H34/c1-20-18-19-23(21(20)2)17-13-8-6-4-3-5-7-10-14-22-15-11-9-12-16-22/h9,11-12,15-16,18-19,23H,3-8,10,13-14,17H2,1-2H3. The zero-order chi connectivity index (χ0) is 16.3. The molecule has 0 amide bonds. The Kier molecular flexibility index (Phi) is 8.21. The molecule has 1 aliphatic rings. The van der Waals surface area contributed by atoms with Crippen molar-refractivity contribution in [3.05, 3.63) is 59.2 Å². The number of benzene rings is 1. The van der Waals surface area contributed by atoms with Gasteiger partial charge in [-0.15, -0.1) is 0 Å². The van der Waals surface area contributed by atoms with E-state index in [1.165, 1.54) is 75.3 Å². The van der Waals surface area contributed by atoms with Crippen LogP contribution in [0.3, 0.4) is 0 Å². The van der Waals surface area contributed by atoms with E-state index in [1.54, 1.807) is 5.57 Å². The first kappa shape index (κ1) is 18.0. The zero-order valence-electron chi connectivity index (χ0n) is 15.2. The van der Waals surface area contributed by atoms with Crippen LogP contribution in [0.5, 0.6) is 0 Å². The van der Waals surface area contributed by atoms with Crippen molar-refractivity contribution in [1.82, 2.24) is 0 Å². The van der Waals surface area contributed by atoms with Crippen molar-refractivity contribution in [2.75, 3.05) is 0 Å². The smallest absolute Gasteiger partial charge is 0.00171 e. The maximum atomic E-state index is 2.40. The Balaban J connectivity index is 1.38. The van der Waals surface area contributed by atoms with E-state index in [0.29, 0.717) is 0 Å². The van der Waals surface area contributed by atoms with Gasteiger partial charge in [0, 0.05) is 0 Å². The van der Waals surface area contributed by atoms with Gasteiger partial charge in [0.25, 0.3) is 0 Å². The molecule has 0 radical (unpaired) electrons. The zero-order valence-corrected chi connectivity index (χ0v) is 15.2. The lowest BCUT2D eigenvalue weighted by Gasteiger charge is -2.10. The molecule has 0 nitrogen and oxygen atoms in total. The van der Waals surface area contributed by atoms with Crippen LogP contribution in [0.25, 0.3) is 0 Å². The summed E-state index contributed by atoms with van der Waals surface area (Å²) in [6, 6.07) is 10.9. The molecule has 1 atom stereocenters. The van der Waals surface area contributed by atoms with Gasteiger partial charge in [0.2, 0.25) is 0 Å². The molecule has 0 aliphatic heterocycles. The predicted octanol–water partition coefficient (Wildman–Crippen LogP) is 7.26. The van der Waals surface area contributed by atoms with Crippen LogP contribution < -0.4 is 0 Å². The summed E-state index contributed by atoms with van der Waals surface area (Å²) in [5.41, 5.74) is 4.59. The van der Waals surface area contributed by atoms with Crippen molar-refractivity contribution in [1.29, 1.82) is 0 Å². The molecule has 0 bridgehead atoms. The van der Waals surface area contributed by atoms with Crippen LogP contribution in [-0.4, -0.2) is 0 Å². The number of aryl methyl sites for hydroxylation is 1. The van der Waals surface area contributed by atoms with E-state index in [4.69, 9.17) is 0 Å². The second kappa shape index (κ2) is 10.5. The van der Waals surface area contributed by atoms with Crippen LogP contribution in [0.4, 0.5) is 0 Å². The molecular formula is C23H34. The number of hydrogen-bond acceptors (Lipinski definition) is 0. The summed E-state index contributed by atoms with van der Waals surface area (Å²) in [5.74, 6) is 0.744. The van der Waals surface area contributed by atoms with Crippen LogP contribution in [0.15, 0.2) is 53.6 Å². The first-order valence-corrected chi connectivity index (χ1v) is 9.67. The van der Waals surface area contributed by atoms with Crippen LogP contribution in [0.2, 0.25) is 0 Å². The molecule has 126 valence electrons. The largest absolute Gasteiger partial charge is 0.0771 e. The number of allylic oxidation sites excluding steroid dienone is 4. The van der Waals surface area contributed by atoms with Crippen molar-refractivity contribution in [2.45, 2.75) is 78.1 Å². The second-order valence-corrected chi connectivity index (χ2v) is 7.18. The maximum absolute atomic E-state index is 2.40. The van der Waals surface area contributed by atoms with Gasteiger partial charge in [-0.05, 0) is 44.6 Å². The SMILES string of the molecule is CC1=C(C)C(CCCCCCCCCCc2ccccc2)C=C1. The highest BCUT2D eigenvalue weighted by Gasteiger charge is 2.13. The van der Waals surface area contributed by atoms with Gasteiger partial charge in [-0.1, -0.05) is 98.6 Å². The molecule has 0 aromatic heterocycles. The van der Waals surface area contributed by atoms with Crippen molar-refractivity contribution in [3.63, 3.8) is 0 Å². The Bertz CT molecular complexity index is 492. The summed E-state index contributed by atoms with van der Waals surface area (Å²) in [4.78, 5) is 0. The van der Waals surface area contributed by atoms with Crippen LogP contribution in [-0.2, 0) is 6.42 Å². The Labute approximate surface area is 143 Å². The van der Waals surface area contributed by atoms with Crippen molar-refractivity contribution < 1.29 is 0 Å². The van der Waals surface area contributed by atoms with Crippen LogP contribution in [0.1, 0.15) is 77.2 Å². The molecule has 0 saturated heterocycles. The monoisotopic (exact) mass is 310 g/mol. The highest BCUT2D eigenvalue weighted by atomic mass is 14.2. The van der Waals surface area contributed by atoms with E-state index < -0.39 is 0 Å². The van der Waals surface area contributed by atoms with Crippen molar-refractivity contribution in [2.24, 2.45) is 5.92 Å². The first-order chi connectivity index (χ1) is 11.3. The van der Waals surface area contributed by atoms with Gasteiger partial charge >= 0.3 is 0 Å². The third-order valence-electron chi connectivity index (χ3n) is 5.33. The lowest BCUT2D eigenvalue weighted by molar-refractivity contribution is 0.539. The highest BCUT2D eigenvalue weighted by Crippen LogP contribution is 2.29. The lowest BCUT2D eigenvalue weighted by atomic mass is 9.95. The van der Waals surface area contributed by atoms with Gasteiger partial charge in [0.1, 0.15) is 0 Å². The maximum Gasteiger partial charge on any atom is -0.00171 e. The molecule has 1 aromatic rings. The highest BCUT2D eigenvalue weighted by molar-refractivity contribution is 5.33. The fraction of sp³-hybridized carbons (Fsp3) is 0.565. The minimum Gasteiger partial charge on any atom is -0.0771 e. The third kappa shape index (κ3) is 6.77. The average Bonchev–Trinajstić information content (AvgIpc) is 2.89. The molecule has 0 N–H and O–H groups in total. The first-order valence-electron chi connectivity index (χ1n) is 9.67. The fourth-order valence-corrected chi connectivity index (χ4v) is 3.54. The van der Waals surface area contributed by atoms with Gasteiger partial charge in [0.05, 0.1) is 0 Å². The summed E-state index contributed by atoms with van der Waals surface area (Å²) >= 11 is 0. The summed E-state index contributed by atoms with van der Waals surface area (Å²) in [5, 5.41) is 0. The van der Waals surface area contributed by atoms with E-state index in [0.717, 1.165) is 5.92 Å². The Hall–Kier alpha value is -1.30. The van der Waals surface area contributed by atoms with Gasteiger partial charge in [0.15, 0.2) is 0 Å². The van der Waals surface area contributed by atoms with Gasteiger partial charge < -0.3 is 0 Å². The molecule has 0 fully saturated rings. The molecule has 1 unspecified atom stereocenters. The minimum absolute atomic E-state index is 0.744. The van der Waals surface area contributed by atoms with E-state index in [2.05, 4.69) is 56.3 Å². The van der Waals surface area contributed by atoms with Gasteiger partial charge in [-0.3, -0.25) is 0 Å². The normalized spacial score (nSPS) is 17.2. The van der Waals surface area contributed by atoms with E-state index in [-0.39, 0.29) is 0 Å². The molecule has 0 heteroatoms. The number of unbranched alkanes of at least 4 members (excludes halogenated alkanes) is 7. The molecule has 1 aliphatic carbocycles. The Morgan fingerprint density at radius 2 is 1.35 bits per heavy atom. The summed E-state index contributed by atoms with van der Waals surface area (Å²) in [6.07, 6.45) is 18.6. The third-order valence-corrected chi connectivity index (χ3v) is 5.33. The summed E-state index contributed by atoms with van der Waals surface area (Å²) in [7, 11) is 0. The number of rotatable bonds is 11. The lowest BCUT2D eigenvalue weighted by Crippen LogP contribution is -1.96. The minimum atomic E-state index is 0.744. The Morgan fingerprint density at radius 3 is 1.96 bits per heavy atom. The molecule has 23 heavy (non-hydrogen) atoms. The molecule has 0 heterocycles. The predicted molar refractivity (Wildman–Crippen MR) is 103 cm³/mol. The van der Waals surface area contributed by atoms with E-state index in [1.807, 2.05) is 0 Å². The van der Waals surface area contributed by atoms with E-state index >= 15 is 0 Å². The van der Waals surface area contributed by atoms with Gasteiger partial charge in [-0.25, -0.2) is 0 Å². The average molecular weight is 311 g/mol. The molecule has 0 spiro atoms. The molecular weight excluding hydrogens is 276 g/mol. The quantitative estimate of drug-likeness (QED) is 0.377. The van der Waals surface area contributed by atoms with Crippen LogP contribution in [0, 0.1) is 5.92 Å². The number of hydrogen-bond donors (Lipinski definition) is 0. The molecule has 0 saturated carbocycles. The van der Waals surface area contributed by atoms with Crippen LogP contribution >= 0.6 is 0 Å². The molecule has 2 rings (SSSR count). The summed E-state index contributed by atoms with van der Waals surface area (Å²) in [6.45, 7) is 4.54. The Morgan fingerprint density at radius 1 is 0.739 bits per heavy atom. The van der Waals surface area contributed by atoms with E-state index in [9.17, 15) is 0 Å². The molecule has 1 aromatic carbocycles. The second-order valence-electron chi connectivity index (χ2n) is 7.18. The van der Waals surface area contributed by atoms with Gasteiger partial charge in [-0.2, -0.15) is 0 Å². The summed E-state index contributed by atoms with van der Waals surface area (Å²) < 4.78 is 0. The fourth-order valence-electron chi connectivity index (χ4n) is 3.54. The van der Waals surface area contributed by atoms with Crippen molar-refractivity contribution >= 4 is 0 Å². The van der Waals surface area contributed by atoms with Crippen molar-refractivity contribution in [3.8, 4) is 0 Å².